The Morgan fingerprint density at radius 2 is 2.00 bits per heavy atom. The Balaban J connectivity index is 2.37. The van der Waals surface area contributed by atoms with Gasteiger partial charge in [0.05, 0.1) is 4.47 Å². The lowest BCUT2D eigenvalue weighted by Crippen LogP contribution is -2.12. The SMILES string of the molecule is Cc1ccc(Nc2ccc(F)c(Br)c2)c(C(N)=S)c1. The molecule has 0 radical (unpaired) electrons. The first kappa shape index (κ1) is 14.0. The molecule has 2 nitrogen and oxygen atoms in total. The highest BCUT2D eigenvalue weighted by Crippen LogP contribution is 2.25. The van der Waals surface area contributed by atoms with Crippen LogP contribution in [0, 0.1) is 12.7 Å². The van der Waals surface area contributed by atoms with Gasteiger partial charge in [-0.3, -0.25) is 0 Å². The molecule has 19 heavy (non-hydrogen) atoms. The van der Waals surface area contributed by atoms with E-state index in [-0.39, 0.29) is 5.82 Å². The lowest BCUT2D eigenvalue weighted by atomic mass is 10.1. The van der Waals surface area contributed by atoms with Gasteiger partial charge in [0.2, 0.25) is 0 Å². The van der Waals surface area contributed by atoms with Crippen molar-refractivity contribution in [2.24, 2.45) is 5.73 Å². The van der Waals surface area contributed by atoms with Crippen molar-refractivity contribution in [3.8, 4) is 0 Å². The molecule has 0 saturated heterocycles. The van der Waals surface area contributed by atoms with Crippen molar-refractivity contribution in [2.75, 3.05) is 5.32 Å². The molecule has 0 saturated carbocycles. The molecule has 98 valence electrons. The number of hydrogen-bond donors (Lipinski definition) is 2. The second-order valence-corrected chi connectivity index (χ2v) is 5.46. The van der Waals surface area contributed by atoms with Crippen molar-refractivity contribution in [1.82, 2.24) is 0 Å². The summed E-state index contributed by atoms with van der Waals surface area (Å²) in [6.45, 7) is 1.97. The van der Waals surface area contributed by atoms with Crippen molar-refractivity contribution in [1.29, 1.82) is 0 Å². The Morgan fingerprint density at radius 1 is 1.26 bits per heavy atom. The summed E-state index contributed by atoms with van der Waals surface area (Å²) in [5.74, 6) is -0.302. The van der Waals surface area contributed by atoms with Crippen LogP contribution < -0.4 is 11.1 Å². The first-order valence-electron chi connectivity index (χ1n) is 5.60. The van der Waals surface area contributed by atoms with E-state index in [0.717, 1.165) is 22.5 Å². The smallest absolute Gasteiger partial charge is 0.137 e. The molecule has 3 N–H and O–H groups in total. The Labute approximate surface area is 124 Å². The van der Waals surface area contributed by atoms with Crippen LogP contribution in [-0.4, -0.2) is 4.99 Å². The van der Waals surface area contributed by atoms with Gasteiger partial charge in [0.15, 0.2) is 0 Å². The van der Waals surface area contributed by atoms with E-state index in [1.165, 1.54) is 6.07 Å². The summed E-state index contributed by atoms with van der Waals surface area (Å²) in [6.07, 6.45) is 0. The van der Waals surface area contributed by atoms with Gasteiger partial charge in [-0.15, -0.1) is 0 Å². The number of halogens is 2. The molecule has 0 heterocycles. The van der Waals surface area contributed by atoms with E-state index < -0.39 is 0 Å². The van der Waals surface area contributed by atoms with Crippen LogP contribution in [-0.2, 0) is 0 Å². The third-order valence-electron chi connectivity index (χ3n) is 2.64. The summed E-state index contributed by atoms with van der Waals surface area (Å²) >= 11 is 8.19. The van der Waals surface area contributed by atoms with E-state index in [9.17, 15) is 4.39 Å². The third kappa shape index (κ3) is 3.30. The molecule has 5 heteroatoms. The van der Waals surface area contributed by atoms with Crippen molar-refractivity contribution < 1.29 is 4.39 Å². The highest BCUT2D eigenvalue weighted by molar-refractivity contribution is 9.10. The number of nitrogens with two attached hydrogens (primary N) is 1. The molecule has 0 spiro atoms. The van der Waals surface area contributed by atoms with Crippen LogP contribution in [0.25, 0.3) is 0 Å². The van der Waals surface area contributed by atoms with Gasteiger partial charge in [-0.2, -0.15) is 0 Å². The molecule has 2 rings (SSSR count). The number of anilines is 2. The maximum atomic E-state index is 13.2. The van der Waals surface area contributed by atoms with Crippen molar-refractivity contribution in [2.45, 2.75) is 6.92 Å². The maximum Gasteiger partial charge on any atom is 0.137 e. The topological polar surface area (TPSA) is 38.0 Å². The maximum absolute atomic E-state index is 13.2. The zero-order valence-corrected chi connectivity index (χ0v) is 12.6. The minimum absolute atomic E-state index is 0.302. The molecule has 0 aromatic heterocycles. The van der Waals surface area contributed by atoms with Gasteiger partial charge in [0.25, 0.3) is 0 Å². The van der Waals surface area contributed by atoms with Crippen LogP contribution in [0.15, 0.2) is 40.9 Å². The second kappa shape index (κ2) is 5.67. The van der Waals surface area contributed by atoms with Crippen LogP contribution in [0.2, 0.25) is 0 Å². The summed E-state index contributed by atoms with van der Waals surface area (Å²) in [7, 11) is 0. The molecule has 0 unspecified atom stereocenters. The quantitative estimate of drug-likeness (QED) is 0.820. The molecule has 0 aliphatic carbocycles. The Hall–Kier alpha value is -1.46. The molecule has 0 bridgehead atoms. The predicted molar refractivity (Wildman–Crippen MR) is 84.4 cm³/mol. The Morgan fingerprint density at radius 3 is 2.63 bits per heavy atom. The first-order valence-corrected chi connectivity index (χ1v) is 6.80. The Kier molecular flexibility index (Phi) is 4.17. The van der Waals surface area contributed by atoms with Crippen molar-refractivity contribution >= 4 is 44.5 Å². The van der Waals surface area contributed by atoms with Gasteiger partial charge in [-0.25, -0.2) is 4.39 Å². The molecule has 2 aromatic rings. The minimum Gasteiger partial charge on any atom is -0.389 e. The van der Waals surface area contributed by atoms with Gasteiger partial charge in [0, 0.05) is 16.9 Å². The summed E-state index contributed by atoms with van der Waals surface area (Å²) in [5, 5.41) is 3.18. The van der Waals surface area contributed by atoms with E-state index in [2.05, 4.69) is 21.2 Å². The van der Waals surface area contributed by atoms with Gasteiger partial charge in [-0.05, 0) is 53.2 Å². The molecule has 0 amide bonds. The highest BCUT2D eigenvalue weighted by atomic mass is 79.9. The number of aryl methyl sites for hydroxylation is 1. The zero-order valence-electron chi connectivity index (χ0n) is 10.2. The normalized spacial score (nSPS) is 10.3. The zero-order chi connectivity index (χ0) is 14.0. The van der Waals surface area contributed by atoms with Crippen LogP contribution in [0.1, 0.15) is 11.1 Å². The molecule has 0 aliphatic rings. The monoisotopic (exact) mass is 338 g/mol. The second-order valence-electron chi connectivity index (χ2n) is 4.17. The number of hydrogen-bond acceptors (Lipinski definition) is 2. The molecule has 0 fully saturated rings. The summed E-state index contributed by atoms with van der Waals surface area (Å²) in [6, 6.07) is 10.5. The lowest BCUT2D eigenvalue weighted by Gasteiger charge is -2.12. The molecule has 0 aliphatic heterocycles. The summed E-state index contributed by atoms with van der Waals surface area (Å²) in [4.78, 5) is 0.326. The first-order chi connectivity index (χ1) is 8.97. The Bertz CT molecular complexity index is 643. The summed E-state index contributed by atoms with van der Waals surface area (Å²) < 4.78 is 13.6. The third-order valence-corrected chi connectivity index (χ3v) is 3.47. The molecular weight excluding hydrogens is 327 g/mol. The largest absolute Gasteiger partial charge is 0.389 e. The summed E-state index contributed by atoms with van der Waals surface area (Å²) in [5.41, 5.74) is 9.13. The molecule has 0 atom stereocenters. The van der Waals surface area contributed by atoms with E-state index in [4.69, 9.17) is 18.0 Å². The van der Waals surface area contributed by atoms with Gasteiger partial charge in [-0.1, -0.05) is 23.8 Å². The van der Waals surface area contributed by atoms with E-state index in [1.807, 2.05) is 25.1 Å². The highest BCUT2D eigenvalue weighted by Gasteiger charge is 2.07. The predicted octanol–water partition coefficient (Wildman–Crippen LogP) is 4.27. The number of nitrogens with one attached hydrogen (secondary N) is 1. The number of thiocarbonyl (C=S) groups is 1. The van der Waals surface area contributed by atoms with Crippen molar-refractivity contribution in [3.63, 3.8) is 0 Å². The van der Waals surface area contributed by atoms with E-state index in [0.29, 0.717) is 9.46 Å². The van der Waals surface area contributed by atoms with Gasteiger partial charge >= 0.3 is 0 Å². The fourth-order valence-corrected chi connectivity index (χ4v) is 2.25. The van der Waals surface area contributed by atoms with Crippen LogP contribution in [0.5, 0.6) is 0 Å². The average Bonchev–Trinajstić information content (AvgIpc) is 2.36. The van der Waals surface area contributed by atoms with E-state index in [1.54, 1.807) is 12.1 Å². The fourth-order valence-electron chi connectivity index (χ4n) is 1.70. The van der Waals surface area contributed by atoms with Crippen LogP contribution >= 0.6 is 28.1 Å². The molecule has 2 aromatic carbocycles. The lowest BCUT2D eigenvalue weighted by molar-refractivity contribution is 0.621. The van der Waals surface area contributed by atoms with E-state index >= 15 is 0 Å². The minimum atomic E-state index is -0.302. The van der Waals surface area contributed by atoms with Crippen LogP contribution in [0.4, 0.5) is 15.8 Å². The van der Waals surface area contributed by atoms with Gasteiger partial charge in [0.1, 0.15) is 10.8 Å². The average molecular weight is 339 g/mol. The van der Waals surface area contributed by atoms with Gasteiger partial charge < -0.3 is 11.1 Å². The van der Waals surface area contributed by atoms with Crippen LogP contribution in [0.3, 0.4) is 0 Å². The number of rotatable bonds is 3. The molecular formula is C14H12BrFN2S. The van der Waals surface area contributed by atoms with Crippen molar-refractivity contribution in [3.05, 3.63) is 57.8 Å². The fraction of sp³-hybridized carbons (Fsp3) is 0.0714. The standard InChI is InChI=1S/C14H12BrFN2S/c1-8-2-5-13(10(6-8)14(17)19)18-9-3-4-12(16)11(15)7-9/h2-7,18H,1H3,(H2,17,19). The number of benzene rings is 2.